The summed E-state index contributed by atoms with van der Waals surface area (Å²) in [5.41, 5.74) is -0.0497. The number of carbonyl (C=O) groups excluding carboxylic acids is 3. The van der Waals surface area contributed by atoms with Crippen molar-refractivity contribution in [2.24, 2.45) is 0 Å². The van der Waals surface area contributed by atoms with Crippen molar-refractivity contribution in [3.63, 3.8) is 0 Å². The highest BCUT2D eigenvalue weighted by molar-refractivity contribution is 5.92. The number of unbranched alkanes of at least 4 members (excludes halogenated alkanes) is 2. The Morgan fingerprint density at radius 3 is 2.14 bits per heavy atom. The summed E-state index contributed by atoms with van der Waals surface area (Å²) in [7, 11) is 0. The average Bonchev–Trinajstić information content (AvgIpc) is 2.78. The molecule has 0 aliphatic heterocycles. The van der Waals surface area contributed by atoms with Gasteiger partial charge in [0.2, 0.25) is 11.8 Å². The molecule has 0 aliphatic carbocycles. The highest BCUT2D eigenvalue weighted by Gasteiger charge is 2.42. The highest BCUT2D eigenvalue weighted by atomic mass is 16.6. The van der Waals surface area contributed by atoms with Gasteiger partial charge in [0, 0.05) is 17.6 Å². The van der Waals surface area contributed by atoms with Gasteiger partial charge in [0.1, 0.15) is 17.7 Å². The lowest BCUT2D eigenvalue weighted by molar-refractivity contribution is -0.149. The number of benzene rings is 1. The zero-order valence-corrected chi connectivity index (χ0v) is 22.7. The number of terminal acetylenes is 1. The molecule has 0 saturated carbocycles. The van der Waals surface area contributed by atoms with Gasteiger partial charge in [0.15, 0.2) is 0 Å². The predicted molar refractivity (Wildman–Crippen MR) is 140 cm³/mol. The van der Waals surface area contributed by atoms with Crippen LogP contribution in [0.3, 0.4) is 0 Å². The molecule has 3 amide bonds. The molecule has 35 heavy (non-hydrogen) atoms. The van der Waals surface area contributed by atoms with E-state index >= 15 is 0 Å². The molecular weight excluding hydrogens is 442 g/mol. The minimum atomic E-state index is -0.906. The van der Waals surface area contributed by atoms with Crippen molar-refractivity contribution in [2.45, 2.75) is 104 Å². The maximum Gasteiger partial charge on any atom is 0.408 e. The lowest BCUT2D eigenvalue weighted by atomic mass is 9.92. The van der Waals surface area contributed by atoms with E-state index in [1.807, 2.05) is 20.8 Å². The van der Waals surface area contributed by atoms with Gasteiger partial charge in [-0.1, -0.05) is 44.7 Å². The fourth-order valence-electron chi connectivity index (χ4n) is 3.56. The van der Waals surface area contributed by atoms with E-state index in [0.29, 0.717) is 24.1 Å². The fraction of sp³-hybridized carbons (Fsp3) is 0.607. The second-order valence-electron chi connectivity index (χ2n) is 10.4. The van der Waals surface area contributed by atoms with E-state index in [-0.39, 0.29) is 11.8 Å². The molecule has 1 aromatic carbocycles. The third-order valence-electron chi connectivity index (χ3n) is 5.84. The van der Waals surface area contributed by atoms with E-state index in [1.54, 1.807) is 56.9 Å². The van der Waals surface area contributed by atoms with Crippen molar-refractivity contribution in [1.29, 1.82) is 0 Å². The van der Waals surface area contributed by atoms with Crippen LogP contribution in [0.15, 0.2) is 24.3 Å². The standard InChI is InChI=1S/C28H43N3O4/c1-10-13-14-19-29-24(32)23(22-17-15-21(11-2)16-18-22)31(28(8,9)12-3)25(33)20(4)30-26(34)35-27(5,6)7/h2,15-18,20,23H,10,12-14,19H2,1,3-9H3,(H,29,32)(H,30,34). The van der Waals surface area contributed by atoms with Crippen LogP contribution in [0.4, 0.5) is 4.79 Å². The Morgan fingerprint density at radius 2 is 1.66 bits per heavy atom. The molecular formula is C28H43N3O4. The maximum atomic E-state index is 13.8. The predicted octanol–water partition coefficient (Wildman–Crippen LogP) is 4.95. The van der Waals surface area contributed by atoms with Crippen LogP contribution in [0.5, 0.6) is 0 Å². The Labute approximate surface area is 211 Å². The second kappa shape index (κ2) is 13.2. The number of nitrogens with zero attached hydrogens (tertiary/aromatic N) is 1. The smallest absolute Gasteiger partial charge is 0.408 e. The average molecular weight is 486 g/mol. The summed E-state index contributed by atoms with van der Waals surface area (Å²) in [6.45, 7) is 15.3. The van der Waals surface area contributed by atoms with Gasteiger partial charge in [-0.25, -0.2) is 4.79 Å². The van der Waals surface area contributed by atoms with Gasteiger partial charge < -0.3 is 20.3 Å². The molecule has 0 aromatic heterocycles. The van der Waals surface area contributed by atoms with Crippen molar-refractivity contribution in [3.05, 3.63) is 35.4 Å². The molecule has 0 fully saturated rings. The zero-order chi connectivity index (χ0) is 26.8. The minimum Gasteiger partial charge on any atom is -0.444 e. The van der Waals surface area contributed by atoms with E-state index in [2.05, 4.69) is 23.5 Å². The molecule has 0 aliphatic rings. The molecule has 0 heterocycles. The number of carbonyl (C=O) groups is 3. The maximum absolute atomic E-state index is 13.8. The van der Waals surface area contributed by atoms with Crippen LogP contribution in [0, 0.1) is 12.3 Å². The fourth-order valence-corrected chi connectivity index (χ4v) is 3.56. The van der Waals surface area contributed by atoms with E-state index in [4.69, 9.17) is 11.2 Å². The van der Waals surface area contributed by atoms with Crippen molar-refractivity contribution in [3.8, 4) is 12.3 Å². The molecule has 1 aromatic rings. The van der Waals surface area contributed by atoms with E-state index in [1.165, 1.54) is 0 Å². The highest BCUT2D eigenvalue weighted by Crippen LogP contribution is 2.32. The van der Waals surface area contributed by atoms with Crippen molar-refractivity contribution >= 4 is 17.9 Å². The quantitative estimate of drug-likeness (QED) is 0.343. The summed E-state index contributed by atoms with van der Waals surface area (Å²) in [5.74, 6) is 1.93. The lowest BCUT2D eigenvalue weighted by Gasteiger charge is -2.44. The Balaban J connectivity index is 3.41. The molecule has 194 valence electrons. The number of amides is 3. The van der Waals surface area contributed by atoms with Gasteiger partial charge in [0.05, 0.1) is 0 Å². The number of hydrogen-bond acceptors (Lipinski definition) is 4. The monoisotopic (exact) mass is 485 g/mol. The van der Waals surface area contributed by atoms with E-state index in [0.717, 1.165) is 19.3 Å². The third-order valence-corrected chi connectivity index (χ3v) is 5.84. The van der Waals surface area contributed by atoms with Gasteiger partial charge in [-0.2, -0.15) is 0 Å². The summed E-state index contributed by atoms with van der Waals surface area (Å²) >= 11 is 0. The van der Waals surface area contributed by atoms with Crippen LogP contribution in [-0.2, 0) is 14.3 Å². The van der Waals surface area contributed by atoms with Crippen LogP contribution >= 0.6 is 0 Å². The molecule has 7 heteroatoms. The molecule has 2 N–H and O–H groups in total. The lowest BCUT2D eigenvalue weighted by Crippen LogP contribution is -2.58. The number of alkyl carbamates (subject to hydrolysis) is 1. The topological polar surface area (TPSA) is 87.7 Å². The first-order chi connectivity index (χ1) is 16.3. The molecule has 2 unspecified atom stereocenters. The molecule has 2 atom stereocenters. The molecule has 7 nitrogen and oxygen atoms in total. The Hall–Kier alpha value is -3.01. The normalized spacial score (nSPS) is 13.2. The summed E-state index contributed by atoms with van der Waals surface area (Å²) in [4.78, 5) is 41.3. The van der Waals surface area contributed by atoms with Crippen LogP contribution in [0.1, 0.15) is 98.2 Å². The van der Waals surface area contributed by atoms with Gasteiger partial charge >= 0.3 is 6.09 Å². The van der Waals surface area contributed by atoms with Crippen molar-refractivity contribution < 1.29 is 19.1 Å². The van der Waals surface area contributed by atoms with Crippen LogP contribution in [-0.4, -0.2) is 46.5 Å². The first-order valence-electron chi connectivity index (χ1n) is 12.4. The Bertz CT molecular complexity index is 894. The first kappa shape index (κ1) is 30.0. The van der Waals surface area contributed by atoms with Gasteiger partial charge in [0.25, 0.3) is 0 Å². The van der Waals surface area contributed by atoms with E-state index < -0.39 is 29.3 Å². The van der Waals surface area contributed by atoms with Gasteiger partial charge in [-0.3, -0.25) is 9.59 Å². The summed E-state index contributed by atoms with van der Waals surface area (Å²) in [6.07, 6.45) is 8.31. The first-order valence-corrected chi connectivity index (χ1v) is 12.4. The van der Waals surface area contributed by atoms with Crippen molar-refractivity contribution in [1.82, 2.24) is 15.5 Å². The number of ether oxygens (including phenoxy) is 1. The van der Waals surface area contributed by atoms with Crippen LogP contribution in [0.25, 0.3) is 0 Å². The minimum absolute atomic E-state index is 0.270. The summed E-state index contributed by atoms with van der Waals surface area (Å²) in [6, 6.07) is 5.28. The molecule has 0 radical (unpaired) electrons. The van der Waals surface area contributed by atoms with Gasteiger partial charge in [-0.15, -0.1) is 6.42 Å². The Morgan fingerprint density at radius 1 is 1.06 bits per heavy atom. The van der Waals surface area contributed by atoms with Crippen LogP contribution < -0.4 is 10.6 Å². The van der Waals surface area contributed by atoms with Crippen LogP contribution in [0.2, 0.25) is 0 Å². The molecule has 0 spiro atoms. The van der Waals surface area contributed by atoms with Gasteiger partial charge in [-0.05, 0) is 72.1 Å². The summed E-state index contributed by atoms with van der Waals surface area (Å²) < 4.78 is 5.33. The van der Waals surface area contributed by atoms with E-state index in [9.17, 15) is 14.4 Å². The second-order valence-corrected chi connectivity index (χ2v) is 10.4. The largest absolute Gasteiger partial charge is 0.444 e. The molecule has 0 saturated heterocycles. The third kappa shape index (κ3) is 9.28. The van der Waals surface area contributed by atoms with Crippen molar-refractivity contribution in [2.75, 3.05) is 6.54 Å². The Kier molecular flexibility index (Phi) is 11.3. The molecule has 0 bridgehead atoms. The SMILES string of the molecule is C#Cc1ccc(C(C(=O)NCCCCC)N(C(=O)C(C)NC(=O)OC(C)(C)C)C(C)(C)CC)cc1. The number of rotatable bonds is 11. The molecule has 1 rings (SSSR count). The summed E-state index contributed by atoms with van der Waals surface area (Å²) in [5, 5.41) is 5.63. The number of hydrogen-bond donors (Lipinski definition) is 2. The zero-order valence-electron chi connectivity index (χ0n) is 22.7. The number of nitrogens with one attached hydrogen (secondary N) is 2.